The highest BCUT2D eigenvalue weighted by Gasteiger charge is 2.34. The molecule has 1 unspecified atom stereocenters. The number of carbonyl (C=O) groups is 2. The average molecular weight is 510 g/mol. The highest BCUT2D eigenvalue weighted by molar-refractivity contribution is 5.98. The molecule has 0 saturated carbocycles. The smallest absolute Gasteiger partial charge is 0.257 e. The molecule has 7 heteroatoms. The number of rotatable bonds is 8. The van der Waals surface area contributed by atoms with Gasteiger partial charge in [0.25, 0.3) is 5.91 Å². The molecule has 1 atom stereocenters. The van der Waals surface area contributed by atoms with Gasteiger partial charge in [0.2, 0.25) is 5.91 Å². The van der Waals surface area contributed by atoms with Crippen LogP contribution in [0.2, 0.25) is 0 Å². The van der Waals surface area contributed by atoms with Crippen molar-refractivity contribution in [2.24, 2.45) is 0 Å². The number of methoxy groups -OCH3 is 1. The lowest BCUT2D eigenvalue weighted by molar-refractivity contribution is -0.131. The average Bonchev–Trinajstić information content (AvgIpc) is 2.94. The number of allylic oxidation sites excluding steroid dienone is 2. The highest BCUT2D eigenvalue weighted by atomic mass is 16.5. The molecule has 1 heterocycles. The van der Waals surface area contributed by atoms with Crippen LogP contribution in [0.3, 0.4) is 0 Å². The van der Waals surface area contributed by atoms with Crippen molar-refractivity contribution in [3.63, 3.8) is 0 Å². The van der Waals surface area contributed by atoms with E-state index in [9.17, 15) is 9.59 Å². The molecule has 3 aromatic carbocycles. The van der Waals surface area contributed by atoms with Crippen molar-refractivity contribution >= 4 is 17.5 Å². The fourth-order valence-corrected chi connectivity index (χ4v) is 4.82. The molecule has 7 nitrogen and oxygen atoms in total. The molecule has 0 saturated heterocycles. The normalized spacial score (nSPS) is 16.5. The summed E-state index contributed by atoms with van der Waals surface area (Å²) in [7, 11) is 1.64. The van der Waals surface area contributed by atoms with Crippen molar-refractivity contribution in [2.45, 2.75) is 39.1 Å². The van der Waals surface area contributed by atoms with Gasteiger partial charge in [-0.25, -0.2) is 0 Å². The standard InChI is InChI=1S/C31H31N3O4/c1-21(35)32-25-13-15-26(16-14-25)38-20-24-18-23(12-17-29(24)37-2)30-33-28-11-7-6-10-27(28)31(36)34(30)19-22-8-4-3-5-9-22/h3-6,8-10,12-18,30,33H,7,11,19-20H2,1-2H3,(H,32,35). The second kappa shape index (κ2) is 11.3. The van der Waals surface area contributed by atoms with Gasteiger partial charge in [0.15, 0.2) is 0 Å². The maximum atomic E-state index is 13.7. The fourth-order valence-electron chi connectivity index (χ4n) is 4.82. The van der Waals surface area contributed by atoms with Gasteiger partial charge in [-0.3, -0.25) is 9.59 Å². The minimum atomic E-state index is -0.324. The zero-order chi connectivity index (χ0) is 26.5. The number of carbonyl (C=O) groups excluding carboxylic acids is 2. The van der Waals surface area contributed by atoms with Crippen LogP contribution in [0, 0.1) is 0 Å². The van der Waals surface area contributed by atoms with Crippen molar-refractivity contribution in [2.75, 3.05) is 12.4 Å². The maximum Gasteiger partial charge on any atom is 0.257 e. The predicted molar refractivity (Wildman–Crippen MR) is 146 cm³/mol. The van der Waals surface area contributed by atoms with Gasteiger partial charge in [-0.05, 0) is 60.4 Å². The van der Waals surface area contributed by atoms with Crippen LogP contribution in [0.5, 0.6) is 11.5 Å². The predicted octanol–water partition coefficient (Wildman–Crippen LogP) is 5.47. The van der Waals surface area contributed by atoms with E-state index in [1.54, 1.807) is 19.2 Å². The zero-order valence-corrected chi connectivity index (χ0v) is 21.6. The molecule has 2 N–H and O–H groups in total. The molecule has 0 radical (unpaired) electrons. The summed E-state index contributed by atoms with van der Waals surface area (Å²) in [6, 6.07) is 23.2. The van der Waals surface area contributed by atoms with Crippen molar-refractivity contribution in [1.29, 1.82) is 0 Å². The van der Waals surface area contributed by atoms with E-state index in [0.29, 0.717) is 23.7 Å². The van der Waals surface area contributed by atoms with E-state index < -0.39 is 0 Å². The Morgan fingerprint density at radius 1 is 1.08 bits per heavy atom. The van der Waals surface area contributed by atoms with E-state index in [0.717, 1.165) is 40.8 Å². The Morgan fingerprint density at radius 2 is 1.87 bits per heavy atom. The van der Waals surface area contributed by atoms with E-state index in [-0.39, 0.29) is 24.6 Å². The number of benzene rings is 3. The number of hydrogen-bond acceptors (Lipinski definition) is 5. The monoisotopic (exact) mass is 509 g/mol. The molecule has 3 aromatic rings. The van der Waals surface area contributed by atoms with E-state index in [4.69, 9.17) is 9.47 Å². The topological polar surface area (TPSA) is 79.9 Å². The van der Waals surface area contributed by atoms with Gasteiger partial charge in [0, 0.05) is 30.4 Å². The van der Waals surface area contributed by atoms with Gasteiger partial charge < -0.3 is 25.0 Å². The lowest BCUT2D eigenvalue weighted by Crippen LogP contribution is -2.47. The van der Waals surface area contributed by atoms with Crippen molar-refractivity contribution < 1.29 is 19.1 Å². The van der Waals surface area contributed by atoms with E-state index in [1.165, 1.54) is 6.92 Å². The number of hydrogen-bond donors (Lipinski definition) is 2. The van der Waals surface area contributed by atoms with Gasteiger partial charge in [-0.1, -0.05) is 48.6 Å². The van der Waals surface area contributed by atoms with E-state index >= 15 is 0 Å². The van der Waals surface area contributed by atoms with Crippen molar-refractivity contribution in [3.8, 4) is 11.5 Å². The molecule has 0 spiro atoms. The van der Waals surface area contributed by atoms with Gasteiger partial charge in [-0.2, -0.15) is 0 Å². The van der Waals surface area contributed by atoms with Crippen LogP contribution < -0.4 is 20.1 Å². The highest BCUT2D eigenvalue weighted by Crippen LogP contribution is 2.34. The van der Waals surface area contributed by atoms with E-state index in [2.05, 4.69) is 16.7 Å². The molecular formula is C31H31N3O4. The van der Waals surface area contributed by atoms with Gasteiger partial charge in [-0.15, -0.1) is 0 Å². The van der Waals surface area contributed by atoms with Crippen LogP contribution in [0.25, 0.3) is 0 Å². The third-order valence-corrected chi connectivity index (χ3v) is 6.67. The number of ether oxygens (including phenoxy) is 2. The summed E-state index contributed by atoms with van der Waals surface area (Å²) in [6.07, 6.45) is 5.40. The van der Waals surface area contributed by atoms with Crippen molar-refractivity contribution in [3.05, 3.63) is 113 Å². The third kappa shape index (κ3) is 5.57. The molecule has 1 aliphatic heterocycles. The molecule has 38 heavy (non-hydrogen) atoms. The van der Waals surface area contributed by atoms with Crippen LogP contribution in [0.1, 0.15) is 42.6 Å². The summed E-state index contributed by atoms with van der Waals surface area (Å²) in [5.74, 6) is 1.28. The first kappa shape index (κ1) is 25.1. The Hall–Kier alpha value is -4.52. The van der Waals surface area contributed by atoms with Gasteiger partial charge in [0.05, 0.1) is 12.7 Å². The molecule has 1 aliphatic carbocycles. The summed E-state index contributed by atoms with van der Waals surface area (Å²) in [5, 5.41) is 6.40. The van der Waals surface area contributed by atoms with E-state index in [1.807, 2.05) is 71.6 Å². The first-order valence-electron chi connectivity index (χ1n) is 12.7. The first-order chi connectivity index (χ1) is 18.5. The van der Waals surface area contributed by atoms with Gasteiger partial charge >= 0.3 is 0 Å². The zero-order valence-electron chi connectivity index (χ0n) is 21.6. The molecule has 0 aromatic heterocycles. The minimum Gasteiger partial charge on any atom is -0.496 e. The van der Waals surface area contributed by atoms with Gasteiger partial charge in [0.1, 0.15) is 24.3 Å². The van der Waals surface area contributed by atoms with Crippen LogP contribution >= 0.6 is 0 Å². The molecule has 194 valence electrons. The summed E-state index contributed by atoms with van der Waals surface area (Å²) in [5.41, 5.74) is 5.32. The lowest BCUT2D eigenvalue weighted by atomic mass is 9.96. The second-order valence-corrected chi connectivity index (χ2v) is 9.36. The summed E-state index contributed by atoms with van der Waals surface area (Å²) in [4.78, 5) is 26.8. The van der Waals surface area contributed by atoms with Crippen LogP contribution in [0.4, 0.5) is 5.69 Å². The maximum absolute atomic E-state index is 13.7. The molecule has 0 bridgehead atoms. The summed E-state index contributed by atoms with van der Waals surface area (Å²) < 4.78 is 11.7. The van der Waals surface area contributed by atoms with Crippen LogP contribution in [-0.2, 0) is 22.7 Å². The molecule has 5 rings (SSSR count). The lowest BCUT2D eigenvalue weighted by Gasteiger charge is -2.40. The number of amides is 2. The molecule has 2 amide bonds. The summed E-state index contributed by atoms with van der Waals surface area (Å²) >= 11 is 0. The Labute approximate surface area is 222 Å². The Morgan fingerprint density at radius 3 is 2.61 bits per heavy atom. The van der Waals surface area contributed by atoms with Crippen molar-refractivity contribution in [1.82, 2.24) is 10.2 Å². The number of anilines is 1. The molecule has 0 fully saturated rings. The van der Waals surface area contributed by atoms with Crippen LogP contribution in [-0.4, -0.2) is 23.8 Å². The summed E-state index contributed by atoms with van der Waals surface area (Å²) in [6.45, 7) is 2.24. The quantitative estimate of drug-likeness (QED) is 0.421. The third-order valence-electron chi connectivity index (χ3n) is 6.67. The number of nitrogens with one attached hydrogen (secondary N) is 2. The SMILES string of the molecule is COc1ccc(C2NC3=C(C=CCC3)C(=O)N2Cc2ccccc2)cc1COc1ccc(NC(C)=O)cc1. The Kier molecular flexibility index (Phi) is 7.45. The fraction of sp³-hybridized carbons (Fsp3) is 0.226. The molecule has 2 aliphatic rings. The first-order valence-corrected chi connectivity index (χ1v) is 12.7. The number of nitrogens with zero attached hydrogens (tertiary/aromatic N) is 1. The Balaban J connectivity index is 1.41. The molecular weight excluding hydrogens is 478 g/mol. The second-order valence-electron chi connectivity index (χ2n) is 9.36. The largest absolute Gasteiger partial charge is 0.496 e. The minimum absolute atomic E-state index is 0.0245. The Bertz CT molecular complexity index is 1380. The van der Waals surface area contributed by atoms with Crippen LogP contribution in [0.15, 0.2) is 96.2 Å².